The van der Waals surface area contributed by atoms with Crippen molar-refractivity contribution in [2.24, 2.45) is 5.92 Å². The monoisotopic (exact) mass is 226 g/mol. The van der Waals surface area contributed by atoms with Crippen LogP contribution in [0.4, 0.5) is 8.78 Å². The molecule has 1 aliphatic rings. The van der Waals surface area contributed by atoms with Crippen molar-refractivity contribution in [2.45, 2.75) is 18.8 Å². The van der Waals surface area contributed by atoms with Crippen molar-refractivity contribution >= 4 is 5.97 Å². The molecule has 1 aliphatic carbocycles. The van der Waals surface area contributed by atoms with Gasteiger partial charge in [-0.15, -0.1) is 0 Å². The first kappa shape index (κ1) is 11.0. The molecule has 0 aliphatic heterocycles. The van der Waals surface area contributed by atoms with Crippen molar-refractivity contribution in [3.05, 3.63) is 35.4 Å². The highest BCUT2D eigenvalue weighted by atomic mass is 19.2. The third-order valence-corrected chi connectivity index (χ3v) is 2.87. The number of halogens is 2. The number of hydrogen-bond donors (Lipinski definition) is 0. The molecule has 1 aromatic carbocycles. The van der Waals surface area contributed by atoms with Crippen LogP contribution in [0.15, 0.2) is 18.2 Å². The van der Waals surface area contributed by atoms with Gasteiger partial charge in [0.05, 0.1) is 13.0 Å². The third-order valence-electron chi connectivity index (χ3n) is 2.87. The number of hydrogen-bond acceptors (Lipinski definition) is 2. The Morgan fingerprint density at radius 3 is 2.69 bits per heavy atom. The summed E-state index contributed by atoms with van der Waals surface area (Å²) in [7, 11) is 1.26. The first-order valence-corrected chi connectivity index (χ1v) is 5.17. The van der Waals surface area contributed by atoms with Crippen molar-refractivity contribution < 1.29 is 18.3 Å². The van der Waals surface area contributed by atoms with Gasteiger partial charge in [-0.25, -0.2) is 8.78 Å². The SMILES string of the molecule is COC(=O)C(c1cccc(F)c1F)C1CC1. The second-order valence-corrected chi connectivity index (χ2v) is 3.98. The lowest BCUT2D eigenvalue weighted by molar-refractivity contribution is -0.143. The zero-order chi connectivity index (χ0) is 11.7. The van der Waals surface area contributed by atoms with Gasteiger partial charge >= 0.3 is 5.97 Å². The molecule has 0 radical (unpaired) electrons. The van der Waals surface area contributed by atoms with E-state index in [9.17, 15) is 13.6 Å². The van der Waals surface area contributed by atoms with E-state index >= 15 is 0 Å². The van der Waals surface area contributed by atoms with Crippen molar-refractivity contribution in [1.82, 2.24) is 0 Å². The van der Waals surface area contributed by atoms with Crippen LogP contribution in [0, 0.1) is 17.6 Å². The Bertz CT molecular complexity index is 413. The van der Waals surface area contributed by atoms with E-state index in [1.54, 1.807) is 0 Å². The van der Waals surface area contributed by atoms with E-state index in [1.165, 1.54) is 19.2 Å². The summed E-state index contributed by atoms with van der Waals surface area (Å²) >= 11 is 0. The molecule has 4 heteroatoms. The van der Waals surface area contributed by atoms with Gasteiger partial charge in [-0.1, -0.05) is 12.1 Å². The number of carbonyl (C=O) groups is 1. The Morgan fingerprint density at radius 1 is 1.44 bits per heavy atom. The highest BCUT2D eigenvalue weighted by molar-refractivity contribution is 5.79. The smallest absolute Gasteiger partial charge is 0.313 e. The van der Waals surface area contributed by atoms with Crippen LogP contribution in [0.3, 0.4) is 0 Å². The second kappa shape index (κ2) is 4.20. The zero-order valence-electron chi connectivity index (χ0n) is 8.87. The molecule has 0 spiro atoms. The number of ether oxygens (including phenoxy) is 1. The molecular formula is C12H12F2O2. The molecule has 86 valence electrons. The molecule has 0 N–H and O–H groups in total. The van der Waals surface area contributed by atoms with Crippen molar-refractivity contribution in [2.75, 3.05) is 7.11 Å². The van der Waals surface area contributed by atoms with Gasteiger partial charge in [0.25, 0.3) is 0 Å². The Balaban J connectivity index is 2.38. The van der Waals surface area contributed by atoms with Crippen LogP contribution in [0.1, 0.15) is 24.3 Å². The highest BCUT2D eigenvalue weighted by Crippen LogP contribution is 2.44. The molecule has 1 atom stereocenters. The third kappa shape index (κ3) is 1.92. The van der Waals surface area contributed by atoms with Crippen LogP contribution >= 0.6 is 0 Å². The minimum Gasteiger partial charge on any atom is -0.469 e. The fourth-order valence-corrected chi connectivity index (χ4v) is 1.89. The maximum atomic E-state index is 13.6. The maximum absolute atomic E-state index is 13.6. The Hall–Kier alpha value is -1.45. The normalized spacial score (nSPS) is 16.9. The predicted octanol–water partition coefficient (Wildman–Crippen LogP) is 2.63. The standard InChI is InChI=1S/C12H12F2O2/c1-16-12(15)10(7-5-6-7)8-3-2-4-9(13)11(8)14/h2-4,7,10H,5-6H2,1H3. The van der Waals surface area contributed by atoms with Crippen LogP contribution in [-0.4, -0.2) is 13.1 Å². The van der Waals surface area contributed by atoms with E-state index < -0.39 is 23.5 Å². The lowest BCUT2D eigenvalue weighted by Crippen LogP contribution is -2.18. The summed E-state index contributed by atoms with van der Waals surface area (Å²) in [5.41, 5.74) is 0.106. The topological polar surface area (TPSA) is 26.3 Å². The molecule has 0 heterocycles. The molecule has 1 fully saturated rings. The van der Waals surface area contributed by atoms with Crippen LogP contribution in [0.25, 0.3) is 0 Å². The summed E-state index contributed by atoms with van der Waals surface area (Å²) in [6.07, 6.45) is 1.71. The molecular weight excluding hydrogens is 214 g/mol. The van der Waals surface area contributed by atoms with Crippen molar-refractivity contribution in [3.8, 4) is 0 Å². The van der Waals surface area contributed by atoms with Gasteiger partial charge in [0.15, 0.2) is 11.6 Å². The van der Waals surface area contributed by atoms with Gasteiger partial charge in [0, 0.05) is 5.56 Å². The summed E-state index contributed by atoms with van der Waals surface area (Å²) < 4.78 is 31.3. The van der Waals surface area contributed by atoms with E-state index in [0.717, 1.165) is 18.9 Å². The lowest BCUT2D eigenvalue weighted by atomic mass is 9.93. The molecule has 0 bridgehead atoms. The summed E-state index contributed by atoms with van der Waals surface area (Å²) in [5.74, 6) is -2.94. The fourth-order valence-electron chi connectivity index (χ4n) is 1.89. The molecule has 0 amide bonds. The van der Waals surface area contributed by atoms with E-state index in [-0.39, 0.29) is 11.5 Å². The maximum Gasteiger partial charge on any atom is 0.313 e. The highest BCUT2D eigenvalue weighted by Gasteiger charge is 2.39. The number of rotatable bonds is 3. The van der Waals surface area contributed by atoms with Gasteiger partial charge in [-0.05, 0) is 24.8 Å². The first-order chi connectivity index (χ1) is 7.65. The van der Waals surface area contributed by atoms with Gasteiger partial charge in [-0.2, -0.15) is 0 Å². The zero-order valence-corrected chi connectivity index (χ0v) is 8.87. The van der Waals surface area contributed by atoms with E-state index in [1.807, 2.05) is 0 Å². The van der Waals surface area contributed by atoms with Crippen LogP contribution in [0.2, 0.25) is 0 Å². The van der Waals surface area contributed by atoms with E-state index in [4.69, 9.17) is 0 Å². The Kier molecular flexibility index (Phi) is 2.90. The number of benzene rings is 1. The van der Waals surface area contributed by atoms with Crippen molar-refractivity contribution in [1.29, 1.82) is 0 Å². The molecule has 0 saturated heterocycles. The number of esters is 1. The number of methoxy groups -OCH3 is 1. The molecule has 1 unspecified atom stereocenters. The minimum absolute atomic E-state index is 0.0868. The average Bonchev–Trinajstić information content (AvgIpc) is 3.08. The molecule has 1 saturated carbocycles. The average molecular weight is 226 g/mol. The fraction of sp³-hybridized carbons (Fsp3) is 0.417. The largest absolute Gasteiger partial charge is 0.469 e. The summed E-state index contributed by atoms with van der Waals surface area (Å²) in [4.78, 5) is 11.5. The molecule has 16 heavy (non-hydrogen) atoms. The van der Waals surface area contributed by atoms with E-state index in [0.29, 0.717) is 0 Å². The van der Waals surface area contributed by atoms with Crippen molar-refractivity contribution in [3.63, 3.8) is 0 Å². The summed E-state index contributed by atoms with van der Waals surface area (Å²) in [6, 6.07) is 3.89. The van der Waals surface area contributed by atoms with Crippen LogP contribution < -0.4 is 0 Å². The predicted molar refractivity (Wildman–Crippen MR) is 53.8 cm³/mol. The second-order valence-electron chi connectivity index (χ2n) is 3.98. The molecule has 0 aromatic heterocycles. The molecule has 2 nitrogen and oxygen atoms in total. The Labute approximate surface area is 92.2 Å². The van der Waals surface area contributed by atoms with Crippen LogP contribution in [0.5, 0.6) is 0 Å². The van der Waals surface area contributed by atoms with Gasteiger partial charge in [-0.3, -0.25) is 4.79 Å². The van der Waals surface area contributed by atoms with Gasteiger partial charge in [0.1, 0.15) is 0 Å². The van der Waals surface area contributed by atoms with Gasteiger partial charge in [0.2, 0.25) is 0 Å². The quantitative estimate of drug-likeness (QED) is 0.740. The lowest BCUT2D eigenvalue weighted by Gasteiger charge is -2.14. The summed E-state index contributed by atoms with van der Waals surface area (Å²) in [6.45, 7) is 0. The first-order valence-electron chi connectivity index (χ1n) is 5.17. The van der Waals surface area contributed by atoms with E-state index in [2.05, 4.69) is 4.74 Å². The Morgan fingerprint density at radius 2 is 2.12 bits per heavy atom. The summed E-state index contributed by atoms with van der Waals surface area (Å²) in [5, 5.41) is 0. The number of carbonyl (C=O) groups excluding carboxylic acids is 1. The van der Waals surface area contributed by atoms with Gasteiger partial charge < -0.3 is 4.74 Å². The molecule has 1 aromatic rings. The molecule has 2 rings (SSSR count). The van der Waals surface area contributed by atoms with Crippen LogP contribution in [-0.2, 0) is 9.53 Å². The minimum atomic E-state index is -0.940.